The molecule has 6 heteroatoms. The highest BCUT2D eigenvalue weighted by Gasteiger charge is 2.35. The maximum Gasteiger partial charge on any atom is 0.242 e. The van der Waals surface area contributed by atoms with E-state index in [0.717, 1.165) is 31.4 Å². The van der Waals surface area contributed by atoms with Gasteiger partial charge in [-0.25, -0.2) is 0 Å². The molecule has 4 rings (SSSR count). The third-order valence-corrected chi connectivity index (χ3v) is 7.20. The third kappa shape index (κ3) is 4.30. The molecule has 30 heavy (non-hydrogen) atoms. The van der Waals surface area contributed by atoms with Crippen LogP contribution in [0.3, 0.4) is 0 Å². The second-order valence-corrected chi connectivity index (χ2v) is 9.16. The van der Waals surface area contributed by atoms with E-state index < -0.39 is 0 Å². The van der Waals surface area contributed by atoms with Crippen molar-refractivity contribution in [2.24, 2.45) is 0 Å². The normalized spacial score (nSPS) is 20.8. The minimum atomic E-state index is -0.0880. The van der Waals surface area contributed by atoms with Crippen LogP contribution in [-0.4, -0.2) is 54.0 Å². The lowest BCUT2D eigenvalue weighted by Crippen LogP contribution is -2.48. The standard InChI is InChI=1S/C24H30N2O3S/c1-3-22(27)25(15-18-8-6-13-29-18)16-23(28)26-12-10-21-20(11-14-30-21)24(26)19-9-5-4-7-17(19)2/h4-5,7,9,11,14,18,24H,3,6,8,10,12-13,15-16H2,1-2H3/t18-,24-/m1/s1. The molecule has 0 radical (unpaired) electrons. The molecule has 2 aliphatic rings. The number of rotatable bonds is 6. The zero-order valence-corrected chi connectivity index (χ0v) is 18.6. The fourth-order valence-electron chi connectivity index (χ4n) is 4.58. The summed E-state index contributed by atoms with van der Waals surface area (Å²) in [4.78, 5) is 31.1. The van der Waals surface area contributed by atoms with E-state index in [-0.39, 0.29) is 30.5 Å². The predicted octanol–water partition coefficient (Wildman–Crippen LogP) is 3.95. The highest BCUT2D eigenvalue weighted by Crippen LogP contribution is 2.39. The molecule has 0 N–H and O–H groups in total. The summed E-state index contributed by atoms with van der Waals surface area (Å²) >= 11 is 1.77. The van der Waals surface area contributed by atoms with Gasteiger partial charge in [-0.2, -0.15) is 0 Å². The Bertz CT molecular complexity index is 903. The van der Waals surface area contributed by atoms with E-state index in [0.29, 0.717) is 19.5 Å². The van der Waals surface area contributed by atoms with Crippen molar-refractivity contribution in [1.82, 2.24) is 9.80 Å². The van der Waals surface area contributed by atoms with E-state index in [1.54, 1.807) is 16.2 Å². The monoisotopic (exact) mass is 426 g/mol. The number of fused-ring (bicyclic) bond motifs is 1. The molecular formula is C24H30N2O3S. The maximum atomic E-state index is 13.5. The van der Waals surface area contributed by atoms with Crippen LogP contribution in [0.4, 0.5) is 0 Å². The van der Waals surface area contributed by atoms with Crippen molar-refractivity contribution in [3.8, 4) is 0 Å². The fourth-order valence-corrected chi connectivity index (χ4v) is 5.48. The quantitative estimate of drug-likeness (QED) is 0.703. The molecule has 160 valence electrons. The minimum absolute atomic E-state index is 0.0134. The van der Waals surface area contributed by atoms with Gasteiger partial charge in [0.05, 0.1) is 18.7 Å². The van der Waals surface area contributed by atoms with Crippen LogP contribution < -0.4 is 0 Å². The van der Waals surface area contributed by atoms with E-state index in [9.17, 15) is 9.59 Å². The highest BCUT2D eigenvalue weighted by molar-refractivity contribution is 7.10. The molecule has 0 spiro atoms. The summed E-state index contributed by atoms with van der Waals surface area (Å²) in [6, 6.07) is 10.4. The van der Waals surface area contributed by atoms with Gasteiger partial charge >= 0.3 is 0 Å². The number of hydrogen-bond donors (Lipinski definition) is 0. The number of carbonyl (C=O) groups is 2. The van der Waals surface area contributed by atoms with Crippen LogP contribution in [0.1, 0.15) is 53.8 Å². The van der Waals surface area contributed by atoms with E-state index >= 15 is 0 Å². The molecule has 1 saturated heterocycles. The lowest BCUT2D eigenvalue weighted by molar-refractivity contribution is -0.142. The van der Waals surface area contributed by atoms with E-state index in [1.807, 2.05) is 24.0 Å². The number of amides is 2. The van der Waals surface area contributed by atoms with Crippen molar-refractivity contribution >= 4 is 23.2 Å². The number of thiophene rings is 1. The van der Waals surface area contributed by atoms with Gasteiger partial charge < -0.3 is 14.5 Å². The Morgan fingerprint density at radius 2 is 2.07 bits per heavy atom. The summed E-state index contributed by atoms with van der Waals surface area (Å²) in [6.45, 7) is 6.00. The lowest BCUT2D eigenvalue weighted by atomic mass is 9.90. The lowest BCUT2D eigenvalue weighted by Gasteiger charge is -2.38. The summed E-state index contributed by atoms with van der Waals surface area (Å²) < 4.78 is 5.73. The van der Waals surface area contributed by atoms with Crippen molar-refractivity contribution in [3.63, 3.8) is 0 Å². The number of carbonyl (C=O) groups excluding carboxylic acids is 2. The van der Waals surface area contributed by atoms with Crippen LogP contribution in [0.25, 0.3) is 0 Å². The summed E-state index contributed by atoms with van der Waals surface area (Å²) in [6.07, 6.45) is 3.29. The number of nitrogens with zero attached hydrogens (tertiary/aromatic N) is 2. The SMILES string of the molecule is CCC(=O)N(CC(=O)N1CCc2sccc2[C@H]1c1ccccc1C)C[C@H]1CCCO1. The molecule has 2 amide bonds. The Morgan fingerprint density at radius 3 is 2.80 bits per heavy atom. The van der Waals surface area contributed by atoms with Crippen LogP contribution in [-0.2, 0) is 20.7 Å². The largest absolute Gasteiger partial charge is 0.376 e. The predicted molar refractivity (Wildman–Crippen MR) is 119 cm³/mol. The molecule has 1 aromatic carbocycles. The van der Waals surface area contributed by atoms with Crippen LogP contribution in [0.2, 0.25) is 0 Å². The molecule has 2 aliphatic heterocycles. The first kappa shape index (κ1) is 21.1. The first-order valence-corrected chi connectivity index (χ1v) is 11.8. The smallest absolute Gasteiger partial charge is 0.242 e. The van der Waals surface area contributed by atoms with Crippen molar-refractivity contribution < 1.29 is 14.3 Å². The Labute approximate surface area is 182 Å². The van der Waals surface area contributed by atoms with Crippen molar-refractivity contribution in [3.05, 3.63) is 57.3 Å². The molecule has 0 unspecified atom stereocenters. The Hall–Kier alpha value is -2.18. The van der Waals surface area contributed by atoms with Gasteiger partial charge in [0.1, 0.15) is 0 Å². The maximum absolute atomic E-state index is 13.5. The van der Waals surface area contributed by atoms with E-state index in [4.69, 9.17) is 4.74 Å². The molecule has 0 saturated carbocycles. The molecule has 2 atom stereocenters. The van der Waals surface area contributed by atoms with Crippen LogP contribution in [0, 0.1) is 6.92 Å². The first-order valence-electron chi connectivity index (χ1n) is 10.9. The number of aryl methyl sites for hydroxylation is 1. The summed E-state index contributed by atoms with van der Waals surface area (Å²) in [5, 5.41) is 2.12. The van der Waals surface area contributed by atoms with Crippen molar-refractivity contribution in [2.45, 2.75) is 51.7 Å². The second kappa shape index (κ2) is 9.31. The zero-order chi connectivity index (χ0) is 21.1. The Balaban J connectivity index is 1.59. The van der Waals surface area contributed by atoms with Gasteiger partial charge in [0.15, 0.2) is 0 Å². The van der Waals surface area contributed by atoms with Gasteiger partial charge in [0, 0.05) is 31.0 Å². The molecule has 5 nitrogen and oxygen atoms in total. The first-order chi connectivity index (χ1) is 14.6. The van der Waals surface area contributed by atoms with Gasteiger partial charge in [-0.1, -0.05) is 31.2 Å². The van der Waals surface area contributed by atoms with Gasteiger partial charge in [-0.15, -0.1) is 11.3 Å². The average molecular weight is 427 g/mol. The van der Waals surface area contributed by atoms with E-state index in [1.165, 1.54) is 16.0 Å². The summed E-state index contributed by atoms with van der Waals surface area (Å²) in [5.74, 6) is 0.0272. The summed E-state index contributed by atoms with van der Waals surface area (Å²) in [7, 11) is 0. The van der Waals surface area contributed by atoms with E-state index in [2.05, 4.69) is 30.5 Å². The van der Waals surface area contributed by atoms with Gasteiger partial charge in [-0.3, -0.25) is 9.59 Å². The van der Waals surface area contributed by atoms with Crippen LogP contribution in [0.5, 0.6) is 0 Å². The fraction of sp³-hybridized carbons (Fsp3) is 0.500. The Kier molecular flexibility index (Phi) is 6.54. The minimum Gasteiger partial charge on any atom is -0.376 e. The van der Waals surface area contributed by atoms with Crippen LogP contribution >= 0.6 is 11.3 Å². The van der Waals surface area contributed by atoms with Gasteiger partial charge in [0.2, 0.25) is 11.8 Å². The zero-order valence-electron chi connectivity index (χ0n) is 17.8. The second-order valence-electron chi connectivity index (χ2n) is 8.16. The topological polar surface area (TPSA) is 49.9 Å². The van der Waals surface area contributed by atoms with Crippen molar-refractivity contribution in [1.29, 1.82) is 0 Å². The average Bonchev–Trinajstić information content (AvgIpc) is 3.44. The number of benzene rings is 1. The molecule has 3 heterocycles. The molecular weight excluding hydrogens is 396 g/mol. The third-order valence-electron chi connectivity index (χ3n) is 6.20. The number of ether oxygens (including phenoxy) is 1. The van der Waals surface area contributed by atoms with Crippen LogP contribution in [0.15, 0.2) is 35.7 Å². The molecule has 2 aromatic rings. The molecule has 1 fully saturated rings. The number of hydrogen-bond acceptors (Lipinski definition) is 4. The highest BCUT2D eigenvalue weighted by atomic mass is 32.1. The molecule has 0 aliphatic carbocycles. The van der Waals surface area contributed by atoms with Gasteiger partial charge in [0.25, 0.3) is 0 Å². The summed E-state index contributed by atoms with van der Waals surface area (Å²) in [5.41, 5.74) is 3.57. The van der Waals surface area contributed by atoms with Crippen molar-refractivity contribution in [2.75, 3.05) is 26.2 Å². The Morgan fingerprint density at radius 1 is 1.23 bits per heavy atom. The molecule has 0 bridgehead atoms. The van der Waals surface area contributed by atoms with Gasteiger partial charge in [-0.05, 0) is 54.3 Å². The molecule has 1 aromatic heterocycles.